The van der Waals surface area contributed by atoms with Gasteiger partial charge in [0.25, 0.3) is 17.3 Å². The van der Waals surface area contributed by atoms with E-state index in [4.69, 9.17) is 20.1 Å². The largest absolute Gasteiger partial charge is 0.542 e. The lowest BCUT2D eigenvalue weighted by Gasteiger charge is -2.03. The molecule has 0 bridgehead atoms. The molecule has 0 unspecified atom stereocenters. The number of benzene rings is 2. The summed E-state index contributed by atoms with van der Waals surface area (Å²) in [7, 11) is 0. The zero-order valence-corrected chi connectivity index (χ0v) is 13.9. The maximum absolute atomic E-state index is 10.6. The first-order valence-corrected chi connectivity index (χ1v) is 7.49. The molecule has 0 radical (unpaired) electrons. The number of aromatic nitrogens is 1. The van der Waals surface area contributed by atoms with Crippen LogP contribution < -0.4 is 15.8 Å². The van der Waals surface area contributed by atoms with Crippen LogP contribution in [0.15, 0.2) is 59.0 Å². The van der Waals surface area contributed by atoms with Gasteiger partial charge in [0, 0.05) is 12.1 Å². The highest BCUT2D eigenvalue weighted by molar-refractivity contribution is 5.70. The van der Waals surface area contributed by atoms with Crippen LogP contribution in [-0.2, 0) is 4.79 Å². The molecule has 28 heavy (non-hydrogen) atoms. The Labute approximate surface area is 155 Å². The summed E-state index contributed by atoms with van der Waals surface area (Å²) in [5.74, 6) is -2.27. The second-order valence-corrected chi connectivity index (χ2v) is 5.25. The minimum absolute atomic E-state index is 0.0292. The number of carbonyl (C=O) groups is 1. The Morgan fingerprint density at radius 2 is 1.57 bits per heavy atom. The summed E-state index contributed by atoms with van der Waals surface area (Å²) in [6.07, 6.45) is -5.19. The molecule has 0 spiro atoms. The van der Waals surface area contributed by atoms with Gasteiger partial charge in [0.05, 0.1) is 16.1 Å². The van der Waals surface area contributed by atoms with E-state index in [0.717, 1.165) is 5.56 Å². The highest BCUT2D eigenvalue weighted by Gasteiger charge is 2.28. The lowest BCUT2D eigenvalue weighted by atomic mass is 10.1. The number of aliphatic carboxylic acids is 1. The number of oxazole rings is 1. The number of anilines is 1. The average Bonchev–Trinajstić information content (AvgIpc) is 3.04. The van der Waals surface area contributed by atoms with Gasteiger partial charge in [-0.25, -0.2) is 0 Å². The van der Waals surface area contributed by atoms with E-state index in [-0.39, 0.29) is 11.6 Å². The molecule has 0 saturated heterocycles. The van der Waals surface area contributed by atoms with Crippen LogP contribution in [0.2, 0.25) is 0 Å². The topological polar surface area (TPSA) is 137 Å². The van der Waals surface area contributed by atoms with Crippen LogP contribution in [0, 0.1) is 10.1 Å². The molecule has 11 heteroatoms. The number of hydrogen-bond donors (Lipinski definition) is 1. The third-order valence-electron chi connectivity index (χ3n) is 3.33. The van der Waals surface area contributed by atoms with E-state index in [1.165, 1.54) is 12.1 Å². The number of carboxylic acid groups (broad SMARTS) is 1. The average molecular weight is 395 g/mol. The Hall–Kier alpha value is -3.89. The van der Waals surface area contributed by atoms with Crippen LogP contribution in [0.25, 0.3) is 22.7 Å². The molecule has 0 aliphatic rings. The predicted octanol–water partition coefficient (Wildman–Crippen LogP) is 2.22. The third kappa shape index (κ3) is 5.06. The molecule has 0 amide bonds. The summed E-state index contributed by atoms with van der Waals surface area (Å²) >= 11 is 0. The number of nitro groups is 1. The fraction of sp³-hybridized carbons (Fsp3) is 0.0588. The molecule has 1 heterocycles. The number of nitrogens with zero attached hydrogens (tertiary/aromatic N) is 1. The lowest BCUT2D eigenvalue weighted by molar-refractivity contribution is -0.384. The molecule has 0 fully saturated rings. The first-order chi connectivity index (χ1) is 13.1. The fourth-order valence-electron chi connectivity index (χ4n) is 2.05. The summed E-state index contributed by atoms with van der Waals surface area (Å²) in [5.41, 5.74) is 8.19. The summed E-state index contributed by atoms with van der Waals surface area (Å²) < 4.78 is 37.1. The van der Waals surface area contributed by atoms with E-state index < -0.39 is 17.1 Å². The second-order valence-electron chi connectivity index (χ2n) is 5.25. The van der Waals surface area contributed by atoms with E-state index in [1.54, 1.807) is 12.1 Å². The number of non-ortho nitro benzene ring substituents is 1. The van der Waals surface area contributed by atoms with Gasteiger partial charge in [0.1, 0.15) is 5.97 Å². The molecule has 0 saturated carbocycles. The molecule has 2 aromatic carbocycles. The van der Waals surface area contributed by atoms with Gasteiger partial charge in [-0.05, 0) is 24.3 Å². The Balaban J connectivity index is 0.000000345. The number of carbonyl (C=O) groups excluding carboxylic acids is 1. The zero-order chi connectivity index (χ0) is 20.9. The van der Waals surface area contributed by atoms with Gasteiger partial charge in [-0.3, -0.25) is 10.1 Å². The highest BCUT2D eigenvalue weighted by atomic mass is 19.4. The van der Waals surface area contributed by atoms with E-state index in [9.17, 15) is 23.3 Å². The van der Waals surface area contributed by atoms with Crippen molar-refractivity contribution in [1.29, 1.82) is 0 Å². The molecule has 1 aromatic heterocycles. The van der Waals surface area contributed by atoms with Gasteiger partial charge >= 0.3 is 12.1 Å². The molecule has 0 aliphatic carbocycles. The molecular formula is C17H12F3N3O5. The maximum atomic E-state index is 10.6. The van der Waals surface area contributed by atoms with Crippen molar-refractivity contribution in [1.82, 2.24) is 0 Å². The summed E-state index contributed by atoms with van der Waals surface area (Å²) in [5, 5.41) is 19.4. The normalized spacial score (nSPS) is 10.7. The molecule has 146 valence electrons. The number of nitrogen functional groups attached to an aromatic ring is 1. The molecule has 3 N–H and O–H groups in total. The van der Waals surface area contributed by atoms with Crippen molar-refractivity contribution in [2.24, 2.45) is 0 Å². The standard InChI is InChI=1S/C15H11N3O3.C2HF3O2/c16-14-13(10-4-2-1-3-5-10)17-15(21-14)11-6-8-12(9-7-11)18(19)20;3-2(4,5)1(6)7/h1-9H,16H2;(H,6,7). The molecule has 8 nitrogen and oxygen atoms in total. The number of nitrogens with one attached hydrogen (secondary N) is 1. The number of H-pyrrole nitrogens is 1. The van der Waals surface area contributed by atoms with Crippen LogP contribution in [0.4, 0.5) is 24.7 Å². The Kier molecular flexibility index (Phi) is 5.98. The highest BCUT2D eigenvalue weighted by Crippen LogP contribution is 2.27. The van der Waals surface area contributed by atoms with Crippen molar-refractivity contribution in [2.45, 2.75) is 6.18 Å². The number of aromatic amines is 1. The number of hydrogen-bond acceptors (Lipinski definition) is 6. The quantitative estimate of drug-likeness (QED) is 0.533. The van der Waals surface area contributed by atoms with Gasteiger partial charge < -0.3 is 20.1 Å². The van der Waals surface area contributed by atoms with E-state index in [0.29, 0.717) is 17.1 Å². The van der Waals surface area contributed by atoms with Gasteiger partial charge in [0.2, 0.25) is 0 Å². The van der Waals surface area contributed by atoms with Gasteiger partial charge in [-0.15, -0.1) is 0 Å². The molecule has 3 aromatic rings. The number of nitro benzene ring substituents is 1. The van der Waals surface area contributed by atoms with Crippen LogP contribution >= 0.6 is 0 Å². The smallest absolute Gasteiger partial charge is 0.430 e. The maximum Gasteiger partial charge on any atom is 0.430 e. The number of rotatable bonds is 3. The van der Waals surface area contributed by atoms with Crippen LogP contribution in [0.3, 0.4) is 0 Å². The Morgan fingerprint density at radius 3 is 2.04 bits per heavy atom. The summed E-state index contributed by atoms with van der Waals surface area (Å²) in [6, 6.07) is 15.6. The lowest BCUT2D eigenvalue weighted by Crippen LogP contribution is -2.37. The summed E-state index contributed by atoms with van der Waals surface area (Å²) in [6.45, 7) is 0. The van der Waals surface area contributed by atoms with Crippen molar-refractivity contribution in [3.63, 3.8) is 0 Å². The SMILES string of the molecule is Nc1oc(-c2ccc([N+](=O)[O-])cc2)[nH+]c1-c1ccccc1.O=C([O-])C(F)(F)F. The zero-order valence-electron chi connectivity index (χ0n) is 13.9. The van der Waals surface area contributed by atoms with Crippen molar-refractivity contribution < 1.29 is 37.4 Å². The van der Waals surface area contributed by atoms with E-state index in [1.807, 2.05) is 30.3 Å². The van der Waals surface area contributed by atoms with Crippen molar-refractivity contribution >= 4 is 17.5 Å². The van der Waals surface area contributed by atoms with Crippen LogP contribution in [0.5, 0.6) is 0 Å². The van der Waals surface area contributed by atoms with Crippen LogP contribution in [0.1, 0.15) is 0 Å². The number of alkyl halides is 3. The van der Waals surface area contributed by atoms with Gasteiger partial charge in [0.15, 0.2) is 0 Å². The van der Waals surface area contributed by atoms with Gasteiger partial charge in [-0.2, -0.15) is 18.2 Å². The minimum Gasteiger partial charge on any atom is -0.542 e. The van der Waals surface area contributed by atoms with E-state index >= 15 is 0 Å². The fourth-order valence-corrected chi connectivity index (χ4v) is 2.05. The predicted molar refractivity (Wildman–Crippen MR) is 88.3 cm³/mol. The number of carboxylic acids is 1. The monoisotopic (exact) mass is 395 g/mol. The van der Waals surface area contributed by atoms with Crippen molar-refractivity contribution in [3.05, 3.63) is 64.7 Å². The number of nitrogens with two attached hydrogens (primary N) is 1. The Bertz CT molecular complexity index is 970. The van der Waals surface area contributed by atoms with Gasteiger partial charge in [-0.1, -0.05) is 18.2 Å². The molecule has 0 atom stereocenters. The van der Waals surface area contributed by atoms with Crippen molar-refractivity contribution in [2.75, 3.05) is 5.73 Å². The second kappa shape index (κ2) is 8.20. The summed E-state index contributed by atoms with van der Waals surface area (Å²) in [4.78, 5) is 22.1. The number of halogens is 3. The minimum atomic E-state index is -5.19. The molecule has 3 rings (SSSR count). The molecule has 0 aliphatic heterocycles. The first-order valence-electron chi connectivity index (χ1n) is 7.49. The molecular weight excluding hydrogens is 383 g/mol. The Morgan fingerprint density at radius 1 is 1.04 bits per heavy atom. The van der Waals surface area contributed by atoms with E-state index in [2.05, 4.69) is 4.98 Å². The van der Waals surface area contributed by atoms with Crippen molar-refractivity contribution in [3.8, 4) is 22.7 Å². The third-order valence-corrected chi connectivity index (χ3v) is 3.33. The first kappa shape index (κ1) is 20.4. The van der Waals surface area contributed by atoms with Crippen LogP contribution in [-0.4, -0.2) is 17.1 Å².